The number of hydrogen-bond donors (Lipinski definition) is 0. The first kappa shape index (κ1) is 12.4. The highest BCUT2D eigenvalue weighted by Crippen LogP contribution is 2.29. The van der Waals surface area contributed by atoms with Crippen molar-refractivity contribution in [3.05, 3.63) is 47.6 Å². The van der Waals surface area contributed by atoms with Crippen LogP contribution in [0.15, 0.2) is 47.5 Å². The lowest BCUT2D eigenvalue weighted by Gasteiger charge is -2.06. The molecule has 0 aliphatic rings. The van der Waals surface area contributed by atoms with Crippen LogP contribution in [0.5, 0.6) is 0 Å². The Kier molecular flexibility index (Phi) is 3.38. The van der Waals surface area contributed by atoms with Crippen LogP contribution >= 0.6 is 22.3 Å². The first-order chi connectivity index (χ1) is 7.98. The maximum absolute atomic E-state index is 11.4. The Bertz CT molecular complexity index is 642. The molecule has 2 rings (SSSR count). The molecule has 0 unspecified atom stereocenters. The predicted octanol–water partition coefficient (Wildman–Crippen LogP) is 3.33. The zero-order chi connectivity index (χ0) is 12.5. The van der Waals surface area contributed by atoms with Crippen molar-refractivity contribution in [3.63, 3.8) is 0 Å². The fraction of sp³-hybridized carbons (Fsp3) is 0. The zero-order valence-corrected chi connectivity index (χ0v) is 10.8. The first-order valence-corrected chi connectivity index (χ1v) is 7.33. The molecule has 0 saturated carbocycles. The van der Waals surface area contributed by atoms with Crippen LogP contribution in [0, 0.1) is 0 Å². The van der Waals surface area contributed by atoms with E-state index in [1.165, 1.54) is 12.3 Å². The third-order valence-electron chi connectivity index (χ3n) is 2.13. The molecule has 0 amide bonds. The van der Waals surface area contributed by atoms with E-state index in [1.54, 1.807) is 24.3 Å². The summed E-state index contributed by atoms with van der Waals surface area (Å²) in [7, 11) is 1.48. The molecule has 88 valence electrons. The third-order valence-corrected chi connectivity index (χ3v) is 3.67. The summed E-state index contributed by atoms with van der Waals surface area (Å²) in [6, 6.07) is 10.2. The van der Waals surface area contributed by atoms with Crippen molar-refractivity contribution in [1.82, 2.24) is 4.98 Å². The van der Waals surface area contributed by atoms with Crippen LogP contribution in [0.4, 0.5) is 0 Å². The Labute approximate surface area is 108 Å². The smallest absolute Gasteiger partial charge is 0.253 e. The monoisotopic (exact) mass is 287 g/mol. The number of aromatic nitrogens is 1. The van der Waals surface area contributed by atoms with E-state index in [0.717, 1.165) is 0 Å². The Morgan fingerprint density at radius 3 is 2.35 bits per heavy atom. The quantitative estimate of drug-likeness (QED) is 0.796. The minimum absolute atomic E-state index is 0.0853. The SMILES string of the molecule is O=S(=O)(Cl)c1cc(Cl)cnc1-c1ccccc1. The van der Waals surface area contributed by atoms with E-state index < -0.39 is 9.05 Å². The second-order valence-corrected chi connectivity index (χ2v) is 6.27. The van der Waals surface area contributed by atoms with Gasteiger partial charge in [-0.1, -0.05) is 41.9 Å². The van der Waals surface area contributed by atoms with Crippen LogP contribution in [0.2, 0.25) is 5.02 Å². The second kappa shape index (κ2) is 4.64. The minimum Gasteiger partial charge on any atom is -0.253 e. The van der Waals surface area contributed by atoms with Gasteiger partial charge in [-0.3, -0.25) is 4.98 Å². The average molecular weight is 288 g/mol. The Morgan fingerprint density at radius 2 is 1.76 bits per heavy atom. The van der Waals surface area contributed by atoms with Gasteiger partial charge < -0.3 is 0 Å². The molecule has 0 aliphatic carbocycles. The molecular weight excluding hydrogens is 281 g/mol. The van der Waals surface area contributed by atoms with Crippen molar-refractivity contribution in [2.45, 2.75) is 4.90 Å². The number of rotatable bonds is 2. The van der Waals surface area contributed by atoms with Crippen molar-refractivity contribution < 1.29 is 8.42 Å². The second-order valence-electron chi connectivity index (χ2n) is 3.30. The van der Waals surface area contributed by atoms with Crippen LogP contribution in [-0.4, -0.2) is 13.4 Å². The fourth-order valence-corrected chi connectivity index (χ4v) is 2.66. The fourth-order valence-electron chi connectivity index (χ4n) is 1.42. The van der Waals surface area contributed by atoms with Crippen LogP contribution in [0.1, 0.15) is 0 Å². The molecule has 0 radical (unpaired) electrons. The summed E-state index contributed by atoms with van der Waals surface area (Å²) in [6.45, 7) is 0. The van der Waals surface area contributed by atoms with Gasteiger partial charge in [0.2, 0.25) is 0 Å². The van der Waals surface area contributed by atoms with Crippen molar-refractivity contribution in [3.8, 4) is 11.3 Å². The van der Waals surface area contributed by atoms with Crippen LogP contribution < -0.4 is 0 Å². The van der Waals surface area contributed by atoms with E-state index in [4.69, 9.17) is 22.3 Å². The lowest BCUT2D eigenvalue weighted by Crippen LogP contribution is -1.97. The zero-order valence-electron chi connectivity index (χ0n) is 8.47. The number of pyridine rings is 1. The molecule has 0 fully saturated rings. The van der Waals surface area contributed by atoms with Gasteiger partial charge >= 0.3 is 0 Å². The van der Waals surface area contributed by atoms with Gasteiger partial charge in [-0.15, -0.1) is 0 Å². The van der Waals surface area contributed by atoms with Crippen molar-refractivity contribution in [2.75, 3.05) is 0 Å². The van der Waals surface area contributed by atoms with Crippen molar-refractivity contribution in [2.24, 2.45) is 0 Å². The molecule has 0 saturated heterocycles. The molecule has 2 aromatic rings. The van der Waals surface area contributed by atoms with Gasteiger partial charge in [-0.25, -0.2) is 8.42 Å². The summed E-state index contributed by atoms with van der Waals surface area (Å²) in [6.07, 6.45) is 1.38. The highest BCUT2D eigenvalue weighted by molar-refractivity contribution is 8.13. The Balaban J connectivity index is 2.71. The maximum atomic E-state index is 11.4. The van der Waals surface area contributed by atoms with Gasteiger partial charge in [0.15, 0.2) is 0 Å². The molecule has 1 heterocycles. The molecule has 0 atom stereocenters. The summed E-state index contributed by atoms with van der Waals surface area (Å²) in [5.41, 5.74) is 0.966. The van der Waals surface area contributed by atoms with Gasteiger partial charge in [0.05, 0.1) is 10.7 Å². The number of benzene rings is 1. The summed E-state index contributed by atoms with van der Waals surface area (Å²) in [5, 5.41) is 0.226. The topological polar surface area (TPSA) is 47.0 Å². The van der Waals surface area contributed by atoms with E-state index in [-0.39, 0.29) is 9.92 Å². The van der Waals surface area contributed by atoms with Crippen LogP contribution in [-0.2, 0) is 9.05 Å². The molecular formula is C11H7Cl2NO2S. The van der Waals surface area contributed by atoms with Crippen molar-refractivity contribution >= 4 is 31.3 Å². The molecule has 6 heteroatoms. The van der Waals surface area contributed by atoms with Gasteiger partial charge in [0, 0.05) is 22.4 Å². The van der Waals surface area contributed by atoms with E-state index in [0.29, 0.717) is 11.3 Å². The van der Waals surface area contributed by atoms with E-state index >= 15 is 0 Å². The van der Waals surface area contributed by atoms with E-state index in [2.05, 4.69) is 4.98 Å². The summed E-state index contributed by atoms with van der Waals surface area (Å²) >= 11 is 5.72. The predicted molar refractivity (Wildman–Crippen MR) is 67.7 cm³/mol. The normalized spacial score (nSPS) is 11.4. The summed E-state index contributed by atoms with van der Waals surface area (Å²) < 4.78 is 22.9. The number of nitrogens with zero attached hydrogens (tertiary/aromatic N) is 1. The summed E-state index contributed by atoms with van der Waals surface area (Å²) in [5.74, 6) is 0. The Hall–Kier alpha value is -1.10. The molecule has 0 spiro atoms. The first-order valence-electron chi connectivity index (χ1n) is 4.64. The maximum Gasteiger partial charge on any atom is 0.263 e. The number of halogens is 2. The van der Waals surface area contributed by atoms with Gasteiger partial charge in [-0.05, 0) is 6.07 Å². The lowest BCUT2D eigenvalue weighted by molar-refractivity contribution is 0.609. The van der Waals surface area contributed by atoms with Crippen LogP contribution in [0.3, 0.4) is 0 Å². The summed E-state index contributed by atoms with van der Waals surface area (Å²) in [4.78, 5) is 3.93. The Morgan fingerprint density at radius 1 is 1.12 bits per heavy atom. The van der Waals surface area contributed by atoms with Gasteiger partial charge in [0.1, 0.15) is 4.90 Å². The third kappa shape index (κ3) is 2.77. The van der Waals surface area contributed by atoms with Crippen molar-refractivity contribution in [1.29, 1.82) is 0 Å². The standard InChI is InChI=1S/C11H7Cl2NO2S/c12-9-6-10(17(13,15)16)11(14-7-9)8-4-2-1-3-5-8/h1-7H. The van der Waals surface area contributed by atoms with Gasteiger partial charge in [0.25, 0.3) is 9.05 Å². The van der Waals surface area contributed by atoms with Gasteiger partial charge in [-0.2, -0.15) is 0 Å². The number of hydrogen-bond acceptors (Lipinski definition) is 3. The highest BCUT2D eigenvalue weighted by atomic mass is 35.7. The molecule has 3 nitrogen and oxygen atoms in total. The molecule has 0 bridgehead atoms. The molecule has 1 aromatic heterocycles. The lowest BCUT2D eigenvalue weighted by atomic mass is 10.1. The molecule has 0 aliphatic heterocycles. The average Bonchev–Trinajstić information content (AvgIpc) is 2.29. The molecule has 17 heavy (non-hydrogen) atoms. The van der Waals surface area contributed by atoms with Crippen LogP contribution in [0.25, 0.3) is 11.3 Å². The molecule has 0 N–H and O–H groups in total. The minimum atomic E-state index is -3.88. The largest absolute Gasteiger partial charge is 0.263 e. The highest BCUT2D eigenvalue weighted by Gasteiger charge is 2.18. The molecule has 1 aromatic carbocycles. The van der Waals surface area contributed by atoms with E-state index in [1.807, 2.05) is 6.07 Å². The van der Waals surface area contributed by atoms with E-state index in [9.17, 15) is 8.42 Å².